The Kier molecular flexibility index (Phi) is 8.69. The summed E-state index contributed by atoms with van der Waals surface area (Å²) < 4.78 is 5.62. The van der Waals surface area contributed by atoms with E-state index < -0.39 is 5.91 Å². The second-order valence-electron chi connectivity index (χ2n) is 6.20. The molecule has 8 nitrogen and oxygen atoms in total. The molecule has 0 saturated heterocycles. The largest absolute Gasteiger partial charge is 0.508 e. The van der Waals surface area contributed by atoms with Crippen LogP contribution in [-0.2, 0) is 9.53 Å². The number of aliphatic imine (C=N–C) groups is 1. The zero-order valence-corrected chi connectivity index (χ0v) is 16.9. The SMILES string of the molecule is C=C/C(OCCCN)=C(C=C)/C(N)=C(\C(N)=O)C(N)=Nc1c(C)ccc(O)c1C. The number of benzene rings is 1. The number of hydrogen-bond donors (Lipinski definition) is 5. The predicted octanol–water partition coefficient (Wildman–Crippen LogP) is 1.69. The number of allylic oxidation sites excluding steroid dienone is 2. The highest BCUT2D eigenvalue weighted by molar-refractivity contribution is 6.21. The van der Waals surface area contributed by atoms with Gasteiger partial charge < -0.3 is 32.8 Å². The molecule has 0 aromatic heterocycles. The summed E-state index contributed by atoms with van der Waals surface area (Å²) in [6.45, 7) is 11.7. The lowest BCUT2D eigenvalue weighted by atomic mass is 10.0. The Labute approximate surface area is 170 Å². The van der Waals surface area contributed by atoms with Gasteiger partial charge in [-0.25, -0.2) is 4.99 Å². The van der Waals surface area contributed by atoms with Crippen molar-refractivity contribution in [2.45, 2.75) is 20.3 Å². The van der Waals surface area contributed by atoms with Gasteiger partial charge in [0.05, 0.1) is 18.0 Å². The molecule has 0 unspecified atom stereocenters. The van der Waals surface area contributed by atoms with Crippen LogP contribution in [0, 0.1) is 13.8 Å². The lowest BCUT2D eigenvalue weighted by molar-refractivity contribution is -0.114. The Bertz CT molecular complexity index is 898. The van der Waals surface area contributed by atoms with Crippen LogP contribution in [0.15, 0.2) is 65.0 Å². The highest BCUT2D eigenvalue weighted by Gasteiger charge is 2.20. The molecule has 0 saturated carbocycles. The van der Waals surface area contributed by atoms with Crippen molar-refractivity contribution in [2.75, 3.05) is 13.2 Å². The monoisotopic (exact) mass is 399 g/mol. The normalized spacial score (nSPS) is 13.3. The van der Waals surface area contributed by atoms with Crippen molar-refractivity contribution in [3.63, 3.8) is 0 Å². The summed E-state index contributed by atoms with van der Waals surface area (Å²) >= 11 is 0. The first kappa shape index (κ1) is 23.5. The van der Waals surface area contributed by atoms with Crippen LogP contribution in [0.25, 0.3) is 0 Å². The van der Waals surface area contributed by atoms with E-state index in [1.165, 1.54) is 12.2 Å². The molecule has 0 heterocycles. The van der Waals surface area contributed by atoms with Crippen LogP contribution in [-0.4, -0.2) is 30.0 Å². The lowest BCUT2D eigenvalue weighted by Gasteiger charge is -2.15. The minimum atomic E-state index is -0.871. The van der Waals surface area contributed by atoms with Crippen molar-refractivity contribution in [1.82, 2.24) is 0 Å². The Morgan fingerprint density at radius 3 is 2.38 bits per heavy atom. The standard InChI is InChI=1S/C21H29N5O3/c1-5-14(16(6-2)29-11-7-10-22)18(23)17(21(25)28)20(24)26-19-12(3)8-9-15(27)13(19)4/h5-6,8-9,27H,1-2,7,10-11,22-23H2,3-4H3,(H2,24,26)(H2,25,28)/b16-14-,18-17+. The molecular weight excluding hydrogens is 370 g/mol. The minimum absolute atomic E-state index is 0.0492. The molecule has 0 radical (unpaired) electrons. The first-order valence-electron chi connectivity index (χ1n) is 8.95. The quantitative estimate of drug-likeness (QED) is 0.100. The van der Waals surface area contributed by atoms with Crippen molar-refractivity contribution in [2.24, 2.45) is 27.9 Å². The molecule has 156 valence electrons. The molecule has 29 heavy (non-hydrogen) atoms. The maximum absolute atomic E-state index is 12.1. The van der Waals surface area contributed by atoms with Gasteiger partial charge in [0.2, 0.25) is 0 Å². The predicted molar refractivity (Wildman–Crippen MR) is 116 cm³/mol. The number of nitrogens with two attached hydrogens (primary N) is 4. The fraction of sp³-hybridized carbons (Fsp3) is 0.238. The minimum Gasteiger partial charge on any atom is -0.508 e. The number of carbonyl (C=O) groups is 1. The number of nitrogens with zero attached hydrogens (tertiary/aromatic N) is 1. The van der Waals surface area contributed by atoms with Crippen LogP contribution >= 0.6 is 0 Å². The molecule has 0 bridgehead atoms. The fourth-order valence-electron chi connectivity index (χ4n) is 2.56. The number of aryl methyl sites for hydroxylation is 1. The third kappa shape index (κ3) is 5.73. The molecule has 0 spiro atoms. The summed E-state index contributed by atoms with van der Waals surface area (Å²) in [4.78, 5) is 16.4. The van der Waals surface area contributed by atoms with Gasteiger partial charge in [-0.3, -0.25) is 4.79 Å². The van der Waals surface area contributed by atoms with Gasteiger partial charge in [-0.2, -0.15) is 0 Å². The van der Waals surface area contributed by atoms with Gasteiger partial charge in [0, 0.05) is 11.1 Å². The van der Waals surface area contributed by atoms with Crippen molar-refractivity contribution >= 4 is 17.4 Å². The fourth-order valence-corrected chi connectivity index (χ4v) is 2.56. The summed E-state index contributed by atoms with van der Waals surface area (Å²) in [5.41, 5.74) is 25.0. The highest BCUT2D eigenvalue weighted by atomic mass is 16.5. The van der Waals surface area contributed by atoms with E-state index in [-0.39, 0.29) is 22.9 Å². The Morgan fingerprint density at radius 2 is 1.86 bits per heavy atom. The average Bonchev–Trinajstić information content (AvgIpc) is 2.67. The van der Waals surface area contributed by atoms with E-state index in [1.807, 2.05) is 0 Å². The van der Waals surface area contributed by atoms with Gasteiger partial charge in [-0.15, -0.1) is 0 Å². The van der Waals surface area contributed by atoms with Crippen LogP contribution in [0.5, 0.6) is 5.75 Å². The number of amidine groups is 1. The van der Waals surface area contributed by atoms with E-state index in [9.17, 15) is 9.90 Å². The zero-order chi connectivity index (χ0) is 22.1. The smallest absolute Gasteiger partial charge is 0.254 e. The van der Waals surface area contributed by atoms with Crippen LogP contribution in [0.1, 0.15) is 17.5 Å². The van der Waals surface area contributed by atoms with Crippen molar-refractivity contribution in [3.8, 4) is 5.75 Å². The second-order valence-corrected chi connectivity index (χ2v) is 6.20. The molecule has 1 amide bonds. The molecule has 1 aromatic rings. The molecule has 0 aliphatic rings. The number of phenolic OH excluding ortho intramolecular Hbond substituents is 1. The summed E-state index contributed by atoms with van der Waals surface area (Å²) in [7, 11) is 0. The first-order valence-corrected chi connectivity index (χ1v) is 8.95. The van der Waals surface area contributed by atoms with E-state index in [0.717, 1.165) is 5.56 Å². The van der Waals surface area contributed by atoms with Crippen LogP contribution in [0.4, 0.5) is 5.69 Å². The van der Waals surface area contributed by atoms with Gasteiger partial charge >= 0.3 is 0 Å². The average molecular weight is 399 g/mol. The molecule has 8 heteroatoms. The number of primary amides is 1. The first-order chi connectivity index (χ1) is 13.7. The van der Waals surface area contributed by atoms with Crippen molar-refractivity contribution in [3.05, 3.63) is 71.2 Å². The Balaban J connectivity index is 3.62. The molecule has 0 aliphatic heterocycles. The zero-order valence-electron chi connectivity index (χ0n) is 16.9. The second kappa shape index (κ2) is 10.7. The molecular formula is C21H29N5O3. The van der Waals surface area contributed by atoms with Gasteiger partial charge in [0.25, 0.3) is 5.91 Å². The number of rotatable bonds is 10. The number of ether oxygens (including phenoxy) is 1. The van der Waals surface area contributed by atoms with E-state index in [0.29, 0.717) is 42.2 Å². The number of carbonyl (C=O) groups excluding carboxylic acids is 1. The Morgan fingerprint density at radius 1 is 1.21 bits per heavy atom. The Hall–Kier alpha value is -3.52. The van der Waals surface area contributed by atoms with Gasteiger partial charge in [0.15, 0.2) is 0 Å². The van der Waals surface area contributed by atoms with Crippen LogP contribution in [0.2, 0.25) is 0 Å². The topological polar surface area (TPSA) is 163 Å². The third-order valence-electron chi connectivity index (χ3n) is 4.16. The molecule has 1 rings (SSSR count). The van der Waals surface area contributed by atoms with Crippen molar-refractivity contribution < 1.29 is 14.6 Å². The maximum Gasteiger partial charge on any atom is 0.254 e. The van der Waals surface area contributed by atoms with Gasteiger partial charge in [0.1, 0.15) is 22.9 Å². The maximum atomic E-state index is 12.1. The summed E-state index contributed by atoms with van der Waals surface area (Å²) in [5.74, 6) is -0.712. The summed E-state index contributed by atoms with van der Waals surface area (Å²) in [5, 5.41) is 9.93. The number of amides is 1. The molecule has 0 fully saturated rings. The van der Waals surface area contributed by atoms with E-state index in [2.05, 4.69) is 18.2 Å². The van der Waals surface area contributed by atoms with E-state index >= 15 is 0 Å². The summed E-state index contributed by atoms with van der Waals surface area (Å²) in [6.07, 6.45) is 3.47. The third-order valence-corrected chi connectivity index (χ3v) is 4.16. The van der Waals surface area contributed by atoms with Gasteiger partial charge in [-0.1, -0.05) is 25.3 Å². The van der Waals surface area contributed by atoms with Crippen LogP contribution < -0.4 is 22.9 Å². The van der Waals surface area contributed by atoms with Crippen LogP contribution in [0.3, 0.4) is 0 Å². The lowest BCUT2D eigenvalue weighted by Crippen LogP contribution is -2.30. The highest BCUT2D eigenvalue weighted by Crippen LogP contribution is 2.31. The number of hydrogen-bond acceptors (Lipinski definition) is 6. The van der Waals surface area contributed by atoms with Gasteiger partial charge in [-0.05, 0) is 44.5 Å². The number of phenols is 1. The van der Waals surface area contributed by atoms with E-state index in [1.54, 1.807) is 26.0 Å². The summed E-state index contributed by atoms with van der Waals surface area (Å²) in [6, 6.07) is 3.23. The molecule has 0 atom stereocenters. The van der Waals surface area contributed by atoms with E-state index in [4.69, 9.17) is 27.7 Å². The molecule has 0 aliphatic carbocycles. The molecule has 9 N–H and O–H groups in total. The number of aromatic hydroxyl groups is 1. The molecule has 1 aromatic carbocycles. The van der Waals surface area contributed by atoms with Crippen molar-refractivity contribution in [1.29, 1.82) is 0 Å².